The number of unbranched alkanes of at least 4 members (excludes halogenated alkanes) is 30. The first-order chi connectivity index (χ1) is 40.0. The van der Waals surface area contributed by atoms with Crippen LogP contribution in [0.5, 0.6) is 0 Å². The van der Waals surface area contributed by atoms with Crippen molar-refractivity contribution in [2.75, 3.05) is 13.2 Å². The molecule has 81 heavy (non-hydrogen) atoms. The lowest BCUT2D eigenvalue weighted by atomic mass is 10.0. The lowest BCUT2D eigenvalue weighted by molar-refractivity contribution is -0.167. The molecule has 0 heterocycles. The molecule has 0 aliphatic rings. The first-order valence-electron chi connectivity index (χ1n) is 34.0. The van der Waals surface area contributed by atoms with Crippen LogP contribution >= 0.6 is 0 Å². The first kappa shape index (κ1) is 76.8. The molecule has 462 valence electrons. The summed E-state index contributed by atoms with van der Waals surface area (Å²) in [6.45, 7) is 6.50. The van der Waals surface area contributed by atoms with Crippen LogP contribution in [0.1, 0.15) is 316 Å². The summed E-state index contributed by atoms with van der Waals surface area (Å²) in [6, 6.07) is 0. The minimum absolute atomic E-state index is 0.0905. The van der Waals surface area contributed by atoms with Gasteiger partial charge in [-0.15, -0.1) is 0 Å². The molecule has 0 aromatic heterocycles. The Morgan fingerprint density at radius 1 is 0.259 bits per heavy atom. The molecule has 6 nitrogen and oxygen atoms in total. The molecule has 0 rings (SSSR count). The van der Waals surface area contributed by atoms with E-state index in [1.165, 1.54) is 141 Å². The Morgan fingerprint density at radius 2 is 0.481 bits per heavy atom. The van der Waals surface area contributed by atoms with Gasteiger partial charge < -0.3 is 14.2 Å². The number of esters is 3. The largest absolute Gasteiger partial charge is 0.462 e. The fraction of sp³-hybridized carbons (Fsp3) is 0.693. The van der Waals surface area contributed by atoms with Gasteiger partial charge in [-0.1, -0.05) is 284 Å². The maximum absolute atomic E-state index is 12.9. The maximum Gasteiger partial charge on any atom is 0.306 e. The molecule has 0 N–H and O–H groups in total. The van der Waals surface area contributed by atoms with Gasteiger partial charge in [0.25, 0.3) is 0 Å². The summed E-state index contributed by atoms with van der Waals surface area (Å²) in [7, 11) is 0. The highest BCUT2D eigenvalue weighted by atomic mass is 16.6. The van der Waals surface area contributed by atoms with Gasteiger partial charge >= 0.3 is 17.9 Å². The summed E-state index contributed by atoms with van der Waals surface area (Å²) in [5, 5.41) is 0. The number of carbonyl (C=O) groups excluding carboxylic acids is 3. The van der Waals surface area contributed by atoms with Crippen molar-refractivity contribution < 1.29 is 28.6 Å². The first-order valence-corrected chi connectivity index (χ1v) is 34.0. The molecule has 0 aliphatic carbocycles. The van der Waals surface area contributed by atoms with Crippen molar-refractivity contribution in [3.8, 4) is 0 Å². The van der Waals surface area contributed by atoms with Crippen molar-refractivity contribution in [1.82, 2.24) is 0 Å². The van der Waals surface area contributed by atoms with Gasteiger partial charge in [-0.2, -0.15) is 0 Å². The van der Waals surface area contributed by atoms with E-state index in [-0.39, 0.29) is 31.1 Å². The summed E-state index contributed by atoms with van der Waals surface area (Å²) in [4.78, 5) is 38.4. The standard InChI is InChI=1S/C75H126O6/c1-4-7-10-13-16-19-22-25-27-29-31-33-35-36-37-38-40-41-43-45-47-50-53-56-59-62-65-68-74(77)80-71-72(70-79-73(76)67-64-61-58-55-52-49-24-21-18-15-12-9-6-3)81-75(78)69-66-63-60-57-54-51-48-46-44-42-39-34-32-30-28-26-23-20-17-14-11-8-5-2/h7,10,16,19,21,23-27,30-33,36-37,40-41,45,47,72H,4-6,8-9,11-15,17-18,20,22,28-29,34-35,38-39,42-44,46,48-71H2,1-3H3/b10-7-,19-16-,24-21-,26-23-,27-25-,32-30-,33-31-,37-36-,41-40-,47-45-. The van der Waals surface area contributed by atoms with E-state index in [4.69, 9.17) is 14.2 Å². The average molecular weight is 1120 g/mol. The van der Waals surface area contributed by atoms with Crippen LogP contribution in [0.3, 0.4) is 0 Å². The number of hydrogen-bond donors (Lipinski definition) is 0. The predicted octanol–water partition coefficient (Wildman–Crippen LogP) is 23.6. The van der Waals surface area contributed by atoms with Crippen LogP contribution in [0.15, 0.2) is 122 Å². The zero-order valence-electron chi connectivity index (χ0n) is 53.0. The van der Waals surface area contributed by atoms with Gasteiger partial charge in [0, 0.05) is 19.3 Å². The van der Waals surface area contributed by atoms with E-state index in [1.807, 2.05) is 0 Å². The number of allylic oxidation sites excluding steroid dienone is 20. The minimum atomic E-state index is -0.795. The zero-order chi connectivity index (χ0) is 58.5. The van der Waals surface area contributed by atoms with E-state index < -0.39 is 6.10 Å². The van der Waals surface area contributed by atoms with Crippen molar-refractivity contribution in [3.63, 3.8) is 0 Å². The molecular formula is C75H126O6. The lowest BCUT2D eigenvalue weighted by Gasteiger charge is -2.18. The Morgan fingerprint density at radius 3 is 0.778 bits per heavy atom. The molecule has 6 heteroatoms. The third-order valence-electron chi connectivity index (χ3n) is 14.4. The van der Waals surface area contributed by atoms with Crippen molar-refractivity contribution in [2.24, 2.45) is 0 Å². The summed E-state index contributed by atoms with van der Waals surface area (Å²) in [6.07, 6.45) is 94.9. The van der Waals surface area contributed by atoms with Gasteiger partial charge in [0.1, 0.15) is 13.2 Å². The predicted molar refractivity (Wildman–Crippen MR) is 353 cm³/mol. The highest BCUT2D eigenvalue weighted by molar-refractivity contribution is 5.71. The maximum atomic E-state index is 12.9. The van der Waals surface area contributed by atoms with E-state index in [1.54, 1.807) is 0 Å². The van der Waals surface area contributed by atoms with Crippen molar-refractivity contribution in [2.45, 2.75) is 322 Å². The number of carbonyl (C=O) groups is 3. The fourth-order valence-corrected chi connectivity index (χ4v) is 9.33. The molecule has 1 unspecified atom stereocenters. The second kappa shape index (κ2) is 68.3. The smallest absolute Gasteiger partial charge is 0.306 e. The highest BCUT2D eigenvalue weighted by Crippen LogP contribution is 2.16. The van der Waals surface area contributed by atoms with Gasteiger partial charge in [-0.05, 0) is 135 Å². The Labute approximate surface area is 501 Å². The fourth-order valence-electron chi connectivity index (χ4n) is 9.33. The molecule has 0 spiro atoms. The third kappa shape index (κ3) is 66.5. The number of hydrogen-bond acceptors (Lipinski definition) is 6. The lowest BCUT2D eigenvalue weighted by Crippen LogP contribution is -2.30. The van der Waals surface area contributed by atoms with Crippen molar-refractivity contribution >= 4 is 17.9 Å². The molecule has 0 aromatic carbocycles. The summed E-state index contributed by atoms with van der Waals surface area (Å²) < 4.78 is 16.9. The van der Waals surface area contributed by atoms with Crippen molar-refractivity contribution in [3.05, 3.63) is 122 Å². The Hall–Kier alpha value is -4.19. The van der Waals surface area contributed by atoms with E-state index >= 15 is 0 Å². The molecule has 0 saturated heterocycles. The second-order valence-electron chi connectivity index (χ2n) is 22.3. The van der Waals surface area contributed by atoms with Gasteiger partial charge in [0.2, 0.25) is 0 Å². The molecular weight excluding hydrogens is 997 g/mol. The van der Waals surface area contributed by atoms with Gasteiger partial charge in [-0.25, -0.2) is 0 Å². The molecule has 0 aromatic rings. The SMILES string of the molecule is CC/C=C\C/C=C\C/C=C\C/C=C\C/C=C\C/C=C\C/C=C\CCCCCCCC(=O)OCC(COC(=O)CCCCCCC/C=C\CCCCCC)OC(=O)CCCCCCCCCCCCC/C=C\C/C=C\CCCCCCC. The van der Waals surface area contributed by atoms with Gasteiger partial charge in [0.05, 0.1) is 0 Å². The normalized spacial score (nSPS) is 12.9. The molecule has 0 bridgehead atoms. The number of rotatable bonds is 61. The second-order valence-corrected chi connectivity index (χ2v) is 22.3. The molecule has 1 atom stereocenters. The van der Waals surface area contributed by atoms with Crippen LogP contribution in [0.25, 0.3) is 0 Å². The Kier molecular flexibility index (Phi) is 64.8. The molecule has 0 radical (unpaired) electrons. The molecule has 0 amide bonds. The van der Waals surface area contributed by atoms with Gasteiger partial charge in [0.15, 0.2) is 6.10 Å². The molecule has 0 fully saturated rings. The van der Waals surface area contributed by atoms with Crippen LogP contribution < -0.4 is 0 Å². The summed E-state index contributed by atoms with van der Waals surface area (Å²) in [5.41, 5.74) is 0. The molecule has 0 aliphatic heterocycles. The monoisotopic (exact) mass is 1120 g/mol. The third-order valence-corrected chi connectivity index (χ3v) is 14.4. The van der Waals surface area contributed by atoms with Gasteiger partial charge in [-0.3, -0.25) is 14.4 Å². The highest BCUT2D eigenvalue weighted by Gasteiger charge is 2.19. The zero-order valence-corrected chi connectivity index (χ0v) is 53.0. The molecule has 0 saturated carbocycles. The van der Waals surface area contributed by atoms with E-state index in [9.17, 15) is 14.4 Å². The van der Waals surface area contributed by atoms with Crippen LogP contribution in [-0.2, 0) is 28.6 Å². The van der Waals surface area contributed by atoms with Crippen LogP contribution in [0, 0.1) is 0 Å². The van der Waals surface area contributed by atoms with E-state index in [0.717, 1.165) is 135 Å². The van der Waals surface area contributed by atoms with E-state index in [2.05, 4.69) is 142 Å². The van der Waals surface area contributed by atoms with Crippen molar-refractivity contribution in [1.29, 1.82) is 0 Å². The minimum Gasteiger partial charge on any atom is -0.462 e. The van der Waals surface area contributed by atoms with E-state index in [0.29, 0.717) is 19.3 Å². The Bertz CT molecular complexity index is 1670. The quantitative estimate of drug-likeness (QED) is 0.0261. The Balaban J connectivity index is 4.38. The van der Waals surface area contributed by atoms with Crippen LogP contribution in [0.4, 0.5) is 0 Å². The average Bonchev–Trinajstić information content (AvgIpc) is 3.46. The van der Waals surface area contributed by atoms with Crippen LogP contribution in [-0.4, -0.2) is 37.2 Å². The number of ether oxygens (including phenoxy) is 3. The van der Waals surface area contributed by atoms with Crippen LogP contribution in [0.2, 0.25) is 0 Å². The summed E-state index contributed by atoms with van der Waals surface area (Å²) in [5.74, 6) is -0.913. The summed E-state index contributed by atoms with van der Waals surface area (Å²) >= 11 is 0. The topological polar surface area (TPSA) is 78.9 Å².